The van der Waals surface area contributed by atoms with E-state index in [2.05, 4.69) is 5.32 Å². The first kappa shape index (κ1) is 21.9. The molecule has 2 aromatic carbocycles. The molecule has 0 aliphatic heterocycles. The van der Waals surface area contributed by atoms with Gasteiger partial charge in [0.05, 0.1) is 12.2 Å². The van der Waals surface area contributed by atoms with E-state index in [0.717, 1.165) is 18.4 Å². The van der Waals surface area contributed by atoms with Gasteiger partial charge in [-0.05, 0) is 55.3 Å². The van der Waals surface area contributed by atoms with E-state index in [-0.39, 0.29) is 6.61 Å². The first-order valence-corrected chi connectivity index (χ1v) is 9.40. The number of carbonyl (C=O) groups is 3. The van der Waals surface area contributed by atoms with E-state index in [1.54, 1.807) is 36.4 Å². The summed E-state index contributed by atoms with van der Waals surface area (Å²) < 4.78 is 15.3. The zero-order valence-corrected chi connectivity index (χ0v) is 16.6. The molecule has 154 valence electrons. The molecule has 0 bridgehead atoms. The van der Waals surface area contributed by atoms with Gasteiger partial charge in [0, 0.05) is 5.69 Å². The van der Waals surface area contributed by atoms with Crippen molar-refractivity contribution < 1.29 is 28.6 Å². The molecule has 0 radical (unpaired) electrons. The summed E-state index contributed by atoms with van der Waals surface area (Å²) in [5, 5.41) is 2.59. The fourth-order valence-electron chi connectivity index (χ4n) is 2.31. The van der Waals surface area contributed by atoms with Crippen molar-refractivity contribution in [2.45, 2.75) is 26.7 Å². The fraction of sp³-hybridized carbons (Fsp3) is 0.318. The summed E-state index contributed by atoms with van der Waals surface area (Å²) in [4.78, 5) is 35.4. The maximum atomic E-state index is 11.9. The number of nitrogens with one attached hydrogen (secondary N) is 1. The molecule has 0 aromatic heterocycles. The number of amides is 1. The fourth-order valence-corrected chi connectivity index (χ4v) is 2.31. The second kappa shape index (κ2) is 11.5. The van der Waals surface area contributed by atoms with E-state index < -0.39 is 24.5 Å². The summed E-state index contributed by atoms with van der Waals surface area (Å²) >= 11 is 0. The number of unbranched alkanes of at least 4 members (excludes halogenated alkanes) is 1. The number of carbonyl (C=O) groups excluding carboxylic acids is 3. The Labute approximate surface area is 170 Å². The van der Waals surface area contributed by atoms with Crippen molar-refractivity contribution in [3.63, 3.8) is 0 Å². The van der Waals surface area contributed by atoms with Crippen molar-refractivity contribution in [3.05, 3.63) is 59.7 Å². The van der Waals surface area contributed by atoms with Crippen molar-refractivity contribution >= 4 is 23.5 Å². The molecule has 0 saturated heterocycles. The van der Waals surface area contributed by atoms with Crippen LogP contribution in [0.4, 0.5) is 5.69 Å². The minimum Gasteiger partial charge on any atom is -0.482 e. The van der Waals surface area contributed by atoms with Crippen molar-refractivity contribution in [1.82, 2.24) is 0 Å². The molecule has 0 aliphatic carbocycles. The molecular formula is C22H25NO6. The van der Waals surface area contributed by atoms with Crippen LogP contribution < -0.4 is 10.1 Å². The Kier molecular flexibility index (Phi) is 8.69. The number of hydrogen-bond donors (Lipinski definition) is 1. The Bertz CT molecular complexity index is 831. The molecule has 7 nitrogen and oxygen atoms in total. The van der Waals surface area contributed by atoms with Crippen LogP contribution in [0.25, 0.3) is 0 Å². The minimum atomic E-state index is -0.646. The van der Waals surface area contributed by atoms with Crippen molar-refractivity contribution in [2.24, 2.45) is 0 Å². The van der Waals surface area contributed by atoms with E-state index in [0.29, 0.717) is 23.6 Å². The topological polar surface area (TPSA) is 90.9 Å². The summed E-state index contributed by atoms with van der Waals surface area (Å²) in [5.41, 5.74) is 1.89. The smallest absolute Gasteiger partial charge is 0.344 e. The zero-order chi connectivity index (χ0) is 21.1. The summed E-state index contributed by atoms with van der Waals surface area (Å²) in [6, 6.07) is 13.5. The number of rotatable bonds is 10. The van der Waals surface area contributed by atoms with Crippen LogP contribution >= 0.6 is 0 Å². The predicted octanol–water partition coefficient (Wildman–Crippen LogP) is 3.51. The monoisotopic (exact) mass is 399 g/mol. The van der Waals surface area contributed by atoms with Gasteiger partial charge >= 0.3 is 11.9 Å². The van der Waals surface area contributed by atoms with Crippen LogP contribution in [0.3, 0.4) is 0 Å². The SMILES string of the molecule is CCCCOC(=O)c1ccc(NC(=O)COC(=O)COc2cccc(C)c2)cc1. The number of aryl methyl sites for hydroxylation is 1. The Morgan fingerprint density at radius 1 is 0.966 bits per heavy atom. The van der Waals surface area contributed by atoms with E-state index in [9.17, 15) is 14.4 Å². The molecule has 1 N–H and O–H groups in total. The van der Waals surface area contributed by atoms with Gasteiger partial charge in [-0.25, -0.2) is 9.59 Å². The Hall–Kier alpha value is -3.35. The van der Waals surface area contributed by atoms with E-state index in [4.69, 9.17) is 14.2 Å². The predicted molar refractivity (Wildman–Crippen MR) is 108 cm³/mol. The lowest BCUT2D eigenvalue weighted by Crippen LogP contribution is -2.23. The van der Waals surface area contributed by atoms with Gasteiger partial charge in [-0.3, -0.25) is 4.79 Å². The van der Waals surface area contributed by atoms with Gasteiger partial charge in [0.1, 0.15) is 5.75 Å². The number of benzene rings is 2. The minimum absolute atomic E-state index is 0.286. The molecular weight excluding hydrogens is 374 g/mol. The van der Waals surface area contributed by atoms with E-state index in [1.807, 2.05) is 26.0 Å². The van der Waals surface area contributed by atoms with Gasteiger partial charge < -0.3 is 19.5 Å². The maximum Gasteiger partial charge on any atom is 0.344 e. The third kappa shape index (κ3) is 8.04. The van der Waals surface area contributed by atoms with Gasteiger partial charge in [0.25, 0.3) is 5.91 Å². The second-order valence-electron chi connectivity index (χ2n) is 6.38. The molecule has 7 heteroatoms. The highest BCUT2D eigenvalue weighted by Crippen LogP contribution is 2.13. The second-order valence-corrected chi connectivity index (χ2v) is 6.38. The van der Waals surface area contributed by atoms with Crippen LogP contribution in [0.5, 0.6) is 5.75 Å². The van der Waals surface area contributed by atoms with E-state index >= 15 is 0 Å². The van der Waals surface area contributed by atoms with Crippen LogP contribution in [-0.2, 0) is 19.1 Å². The summed E-state index contributed by atoms with van der Waals surface area (Å²) in [7, 11) is 0. The molecule has 0 aliphatic rings. The van der Waals surface area contributed by atoms with Crippen LogP contribution in [0.15, 0.2) is 48.5 Å². The van der Waals surface area contributed by atoms with Crippen LogP contribution in [0.1, 0.15) is 35.7 Å². The lowest BCUT2D eigenvalue weighted by atomic mass is 10.2. The van der Waals surface area contributed by atoms with Gasteiger partial charge in [0.2, 0.25) is 0 Å². The van der Waals surface area contributed by atoms with Crippen LogP contribution in [0, 0.1) is 6.92 Å². The third-order valence-corrected chi connectivity index (χ3v) is 3.85. The molecule has 0 atom stereocenters. The van der Waals surface area contributed by atoms with Crippen molar-refractivity contribution in [1.29, 1.82) is 0 Å². The van der Waals surface area contributed by atoms with Gasteiger partial charge in [-0.1, -0.05) is 25.5 Å². The molecule has 0 saturated carbocycles. The molecule has 0 fully saturated rings. The quantitative estimate of drug-likeness (QED) is 0.486. The molecule has 0 spiro atoms. The van der Waals surface area contributed by atoms with Gasteiger partial charge in [-0.15, -0.1) is 0 Å². The Morgan fingerprint density at radius 2 is 1.72 bits per heavy atom. The van der Waals surface area contributed by atoms with Crippen molar-refractivity contribution in [3.8, 4) is 5.75 Å². The van der Waals surface area contributed by atoms with Crippen LogP contribution in [-0.4, -0.2) is 37.7 Å². The Morgan fingerprint density at radius 3 is 2.41 bits per heavy atom. The number of esters is 2. The molecule has 2 rings (SSSR count). The normalized spacial score (nSPS) is 10.1. The number of ether oxygens (including phenoxy) is 3. The molecule has 0 heterocycles. The van der Waals surface area contributed by atoms with Crippen molar-refractivity contribution in [2.75, 3.05) is 25.1 Å². The van der Waals surface area contributed by atoms with Gasteiger partial charge in [-0.2, -0.15) is 0 Å². The number of hydrogen-bond acceptors (Lipinski definition) is 6. The highest BCUT2D eigenvalue weighted by molar-refractivity contribution is 5.94. The molecule has 29 heavy (non-hydrogen) atoms. The van der Waals surface area contributed by atoms with Crippen LogP contribution in [0.2, 0.25) is 0 Å². The summed E-state index contributed by atoms with van der Waals surface area (Å²) in [6.07, 6.45) is 1.76. The molecule has 1 amide bonds. The van der Waals surface area contributed by atoms with Gasteiger partial charge in [0.15, 0.2) is 13.2 Å². The first-order valence-electron chi connectivity index (χ1n) is 9.40. The number of anilines is 1. The maximum absolute atomic E-state index is 11.9. The highest BCUT2D eigenvalue weighted by atomic mass is 16.6. The standard InChI is InChI=1S/C22H25NO6/c1-3-4-12-27-22(26)17-8-10-18(11-9-17)23-20(24)14-29-21(25)15-28-19-7-5-6-16(2)13-19/h5-11,13H,3-4,12,14-15H2,1-2H3,(H,23,24). The first-order chi connectivity index (χ1) is 14.0. The molecule has 0 unspecified atom stereocenters. The average molecular weight is 399 g/mol. The average Bonchev–Trinajstić information content (AvgIpc) is 2.71. The summed E-state index contributed by atoms with van der Waals surface area (Å²) in [6.45, 7) is 3.59. The third-order valence-electron chi connectivity index (χ3n) is 3.85. The highest BCUT2D eigenvalue weighted by Gasteiger charge is 2.10. The molecule has 2 aromatic rings. The largest absolute Gasteiger partial charge is 0.482 e. The lowest BCUT2D eigenvalue weighted by molar-refractivity contribution is -0.149. The van der Waals surface area contributed by atoms with E-state index in [1.165, 1.54) is 0 Å². The zero-order valence-electron chi connectivity index (χ0n) is 16.6. The lowest BCUT2D eigenvalue weighted by Gasteiger charge is -2.09. The summed E-state index contributed by atoms with van der Waals surface area (Å²) in [5.74, 6) is -0.988. The Balaban J connectivity index is 1.71.